The standard InChI is InChI=1S/C15H14ClN3S/c1-2-17-15-18-14-11(7-5-9-13(14)20-19-15)10-6-3-4-8-12(10)16/h3-9H,2H2,1H3,(H2,17,18,19). The van der Waals surface area contributed by atoms with Crippen molar-refractivity contribution in [3.05, 3.63) is 47.5 Å². The number of guanidine groups is 1. The molecular weight excluding hydrogens is 290 g/mol. The van der Waals surface area contributed by atoms with Crippen molar-refractivity contribution in [2.24, 2.45) is 4.40 Å². The molecule has 0 radical (unpaired) electrons. The number of halogens is 1. The average molecular weight is 304 g/mol. The molecule has 1 aliphatic rings. The lowest BCUT2D eigenvalue weighted by Crippen LogP contribution is -2.31. The van der Waals surface area contributed by atoms with Gasteiger partial charge in [0.2, 0.25) is 5.96 Å². The van der Waals surface area contributed by atoms with Crippen LogP contribution < -0.4 is 10.6 Å². The lowest BCUT2D eigenvalue weighted by atomic mass is 10.0. The molecule has 1 aliphatic heterocycles. The number of benzene rings is 2. The third-order valence-electron chi connectivity index (χ3n) is 3.01. The molecule has 3 nitrogen and oxygen atoms in total. The zero-order valence-corrected chi connectivity index (χ0v) is 12.6. The molecule has 0 aliphatic carbocycles. The molecule has 0 fully saturated rings. The predicted molar refractivity (Wildman–Crippen MR) is 87.5 cm³/mol. The molecule has 0 spiro atoms. The SMILES string of the molecule is CCNC1=NSc2cccc(-c3ccccc3Cl)c2N1. The molecule has 2 aromatic rings. The van der Waals surface area contributed by atoms with E-state index in [4.69, 9.17) is 11.6 Å². The first-order valence-electron chi connectivity index (χ1n) is 6.43. The average Bonchev–Trinajstić information content (AvgIpc) is 2.48. The normalized spacial score (nSPS) is 13.2. The van der Waals surface area contributed by atoms with E-state index in [2.05, 4.69) is 27.2 Å². The van der Waals surface area contributed by atoms with Crippen LogP contribution >= 0.6 is 23.5 Å². The molecule has 0 saturated heterocycles. The Bertz CT molecular complexity index is 670. The van der Waals surface area contributed by atoms with Crippen molar-refractivity contribution in [3.8, 4) is 11.1 Å². The maximum Gasteiger partial charge on any atom is 0.207 e. The molecule has 5 heteroatoms. The molecular formula is C15H14ClN3S. The Morgan fingerprint density at radius 3 is 2.75 bits per heavy atom. The molecule has 20 heavy (non-hydrogen) atoms. The van der Waals surface area contributed by atoms with Gasteiger partial charge in [-0.25, -0.2) is 0 Å². The van der Waals surface area contributed by atoms with Gasteiger partial charge in [-0.1, -0.05) is 41.9 Å². The molecule has 102 valence electrons. The van der Waals surface area contributed by atoms with Crippen molar-refractivity contribution >= 4 is 35.2 Å². The van der Waals surface area contributed by atoms with Crippen LogP contribution in [0.1, 0.15) is 6.92 Å². The van der Waals surface area contributed by atoms with Crippen LogP contribution in [0.2, 0.25) is 5.02 Å². The Hall–Kier alpha value is -1.65. The van der Waals surface area contributed by atoms with Gasteiger partial charge in [0.25, 0.3) is 0 Å². The summed E-state index contributed by atoms with van der Waals surface area (Å²) in [5, 5.41) is 7.31. The highest BCUT2D eigenvalue weighted by molar-refractivity contribution is 7.98. The zero-order chi connectivity index (χ0) is 13.9. The largest absolute Gasteiger partial charge is 0.356 e. The quantitative estimate of drug-likeness (QED) is 0.807. The summed E-state index contributed by atoms with van der Waals surface area (Å²) in [6.45, 7) is 2.88. The minimum absolute atomic E-state index is 0.750. The number of hydrogen-bond acceptors (Lipinski definition) is 4. The van der Waals surface area contributed by atoms with Crippen LogP contribution in [-0.4, -0.2) is 12.5 Å². The second kappa shape index (κ2) is 5.77. The lowest BCUT2D eigenvalue weighted by molar-refractivity contribution is 0.964. The van der Waals surface area contributed by atoms with Gasteiger partial charge in [-0.15, -0.1) is 0 Å². The van der Waals surface area contributed by atoms with Crippen molar-refractivity contribution in [3.63, 3.8) is 0 Å². The fourth-order valence-corrected chi connectivity index (χ4v) is 3.05. The number of anilines is 1. The predicted octanol–water partition coefficient (Wildman–Crippen LogP) is 4.41. The number of para-hydroxylation sites is 1. The van der Waals surface area contributed by atoms with Crippen molar-refractivity contribution in [1.29, 1.82) is 0 Å². The van der Waals surface area contributed by atoms with E-state index in [-0.39, 0.29) is 0 Å². The molecule has 2 N–H and O–H groups in total. The number of nitrogens with one attached hydrogen (secondary N) is 2. The number of rotatable bonds is 2. The molecule has 0 unspecified atom stereocenters. The fraction of sp³-hybridized carbons (Fsp3) is 0.133. The first kappa shape index (κ1) is 13.3. The van der Waals surface area contributed by atoms with Gasteiger partial charge in [0.1, 0.15) is 0 Å². The van der Waals surface area contributed by atoms with Gasteiger partial charge in [0.05, 0.1) is 10.6 Å². The van der Waals surface area contributed by atoms with E-state index in [1.165, 1.54) is 11.9 Å². The van der Waals surface area contributed by atoms with Crippen molar-refractivity contribution in [2.45, 2.75) is 11.8 Å². The summed E-state index contributed by atoms with van der Waals surface area (Å²) < 4.78 is 4.40. The van der Waals surface area contributed by atoms with E-state index >= 15 is 0 Å². The Kier molecular flexibility index (Phi) is 3.85. The third-order valence-corrected chi connectivity index (χ3v) is 4.15. The smallest absolute Gasteiger partial charge is 0.207 e. The lowest BCUT2D eigenvalue weighted by Gasteiger charge is -2.21. The molecule has 0 amide bonds. The highest BCUT2D eigenvalue weighted by Gasteiger charge is 2.17. The molecule has 0 atom stereocenters. The Morgan fingerprint density at radius 1 is 1.15 bits per heavy atom. The number of hydrogen-bond donors (Lipinski definition) is 2. The Morgan fingerprint density at radius 2 is 1.95 bits per heavy atom. The minimum atomic E-state index is 0.750. The van der Waals surface area contributed by atoms with Gasteiger partial charge in [-0.3, -0.25) is 0 Å². The van der Waals surface area contributed by atoms with Crippen molar-refractivity contribution in [2.75, 3.05) is 11.9 Å². The Balaban J connectivity index is 2.06. The van der Waals surface area contributed by atoms with E-state index in [9.17, 15) is 0 Å². The van der Waals surface area contributed by atoms with Crippen LogP contribution in [-0.2, 0) is 0 Å². The second-order valence-corrected chi connectivity index (χ2v) is 5.56. The summed E-state index contributed by atoms with van der Waals surface area (Å²) in [4.78, 5) is 1.10. The zero-order valence-electron chi connectivity index (χ0n) is 11.0. The fourth-order valence-electron chi connectivity index (χ4n) is 2.12. The summed E-state index contributed by atoms with van der Waals surface area (Å²) in [5.41, 5.74) is 3.17. The topological polar surface area (TPSA) is 36.4 Å². The first-order valence-corrected chi connectivity index (χ1v) is 7.58. The number of nitrogens with zero attached hydrogens (tertiary/aromatic N) is 1. The highest BCUT2D eigenvalue weighted by Crippen LogP contribution is 2.41. The Labute approximate surface area is 127 Å². The molecule has 1 heterocycles. The van der Waals surface area contributed by atoms with Gasteiger partial charge in [0, 0.05) is 34.6 Å². The van der Waals surface area contributed by atoms with E-state index < -0.39 is 0 Å². The van der Waals surface area contributed by atoms with Gasteiger partial charge in [0.15, 0.2) is 0 Å². The molecule has 2 aromatic carbocycles. The summed E-state index contributed by atoms with van der Waals surface area (Å²) in [6, 6.07) is 14.0. The van der Waals surface area contributed by atoms with Crippen LogP contribution in [0.3, 0.4) is 0 Å². The van der Waals surface area contributed by atoms with Gasteiger partial charge in [-0.2, -0.15) is 4.40 Å². The molecule has 3 rings (SSSR count). The monoisotopic (exact) mass is 303 g/mol. The third kappa shape index (κ3) is 2.49. The van der Waals surface area contributed by atoms with E-state index in [1.807, 2.05) is 37.3 Å². The molecule has 0 bridgehead atoms. The van der Waals surface area contributed by atoms with Crippen molar-refractivity contribution < 1.29 is 0 Å². The first-order chi connectivity index (χ1) is 9.79. The van der Waals surface area contributed by atoms with Crippen LogP contribution in [0.4, 0.5) is 5.69 Å². The van der Waals surface area contributed by atoms with Crippen LogP contribution in [0.15, 0.2) is 51.8 Å². The van der Waals surface area contributed by atoms with Crippen LogP contribution in [0.25, 0.3) is 11.1 Å². The van der Waals surface area contributed by atoms with Gasteiger partial charge in [-0.05, 0) is 19.1 Å². The summed E-state index contributed by atoms with van der Waals surface area (Å²) in [6.07, 6.45) is 0. The van der Waals surface area contributed by atoms with E-state index in [0.29, 0.717) is 0 Å². The maximum atomic E-state index is 6.32. The number of fused-ring (bicyclic) bond motifs is 1. The minimum Gasteiger partial charge on any atom is -0.356 e. The summed E-state index contributed by atoms with van der Waals surface area (Å²) in [7, 11) is 0. The van der Waals surface area contributed by atoms with Crippen LogP contribution in [0, 0.1) is 0 Å². The van der Waals surface area contributed by atoms with Crippen molar-refractivity contribution in [1.82, 2.24) is 5.32 Å². The van der Waals surface area contributed by atoms with E-state index in [0.717, 1.165) is 39.2 Å². The second-order valence-electron chi connectivity index (χ2n) is 4.35. The maximum absolute atomic E-state index is 6.32. The molecule has 0 aromatic heterocycles. The molecule has 0 saturated carbocycles. The van der Waals surface area contributed by atoms with Crippen LogP contribution in [0.5, 0.6) is 0 Å². The van der Waals surface area contributed by atoms with E-state index in [1.54, 1.807) is 0 Å². The van der Waals surface area contributed by atoms with Gasteiger partial charge < -0.3 is 10.6 Å². The summed E-state index contributed by atoms with van der Waals surface area (Å²) in [5.74, 6) is 0.782. The van der Waals surface area contributed by atoms with Gasteiger partial charge >= 0.3 is 0 Å². The summed E-state index contributed by atoms with van der Waals surface area (Å²) >= 11 is 7.79. The highest BCUT2D eigenvalue weighted by atomic mass is 35.5.